The third-order valence-electron chi connectivity index (χ3n) is 4.58. The van der Waals surface area contributed by atoms with E-state index >= 15 is 0 Å². The van der Waals surface area contributed by atoms with E-state index in [1.54, 1.807) is 47.4 Å². The van der Waals surface area contributed by atoms with Crippen LogP contribution in [0.5, 0.6) is 0 Å². The maximum atomic E-state index is 12.9. The van der Waals surface area contributed by atoms with Crippen LogP contribution in [0.3, 0.4) is 0 Å². The van der Waals surface area contributed by atoms with Gasteiger partial charge in [0.2, 0.25) is 0 Å². The van der Waals surface area contributed by atoms with Gasteiger partial charge in [-0.05, 0) is 48.4 Å². The smallest absolute Gasteiger partial charge is 0.276 e. The quantitative estimate of drug-likeness (QED) is 0.768. The molecule has 2 aromatic carbocycles. The zero-order valence-electron chi connectivity index (χ0n) is 14.9. The molecule has 2 heterocycles. The number of hydrogen-bond donors (Lipinski definition) is 1. The lowest BCUT2D eigenvalue weighted by Crippen LogP contribution is -2.30. The largest absolute Gasteiger partial charge is 0.321 e. The van der Waals surface area contributed by atoms with Crippen molar-refractivity contribution in [2.75, 3.05) is 16.8 Å². The summed E-state index contributed by atoms with van der Waals surface area (Å²) in [5.41, 5.74) is 3.31. The third-order valence-corrected chi connectivity index (χ3v) is 4.58. The summed E-state index contributed by atoms with van der Waals surface area (Å²) in [5, 5.41) is 11.7. The normalized spacial score (nSPS) is 12.2. The molecule has 0 fully saturated rings. The zero-order chi connectivity index (χ0) is 19.5. The minimum Gasteiger partial charge on any atom is -0.321 e. The Morgan fingerprint density at radius 3 is 2.64 bits per heavy atom. The lowest BCUT2D eigenvalue weighted by molar-refractivity contribution is 0.0984. The highest BCUT2D eigenvalue weighted by Crippen LogP contribution is 2.28. The molecule has 4 rings (SSSR count). The fraction of sp³-hybridized carbons (Fsp3) is 0.0909. The van der Waals surface area contributed by atoms with Gasteiger partial charge >= 0.3 is 0 Å². The summed E-state index contributed by atoms with van der Waals surface area (Å²) in [7, 11) is 0. The van der Waals surface area contributed by atoms with Gasteiger partial charge in [-0.15, -0.1) is 0 Å². The monoisotopic (exact) mass is 368 g/mol. The molecule has 0 atom stereocenters. The Bertz CT molecular complexity index is 1120. The number of fused-ring (bicyclic) bond motifs is 1. The first-order valence-electron chi connectivity index (χ1n) is 8.84. The Kier molecular flexibility index (Phi) is 4.56. The second-order valence-electron chi connectivity index (χ2n) is 6.39. The van der Waals surface area contributed by atoms with Crippen molar-refractivity contribution in [3.63, 3.8) is 0 Å². The molecule has 0 saturated carbocycles. The Balaban J connectivity index is 1.55. The number of hydrogen-bond acceptors (Lipinski definition) is 4. The van der Waals surface area contributed by atoms with Gasteiger partial charge in [0.25, 0.3) is 11.8 Å². The average Bonchev–Trinajstić information content (AvgIpc) is 3.17. The van der Waals surface area contributed by atoms with Crippen molar-refractivity contribution >= 4 is 23.2 Å². The van der Waals surface area contributed by atoms with Gasteiger partial charge in [-0.1, -0.05) is 30.3 Å². The second kappa shape index (κ2) is 7.33. The molecule has 0 saturated heterocycles. The molecule has 2 amide bonds. The first-order chi connectivity index (χ1) is 13.7. The molecule has 0 radical (unpaired) electrons. The van der Waals surface area contributed by atoms with Crippen LogP contribution < -0.4 is 10.2 Å². The molecule has 1 aliphatic rings. The van der Waals surface area contributed by atoms with Gasteiger partial charge in [-0.2, -0.15) is 5.26 Å². The maximum absolute atomic E-state index is 12.9. The van der Waals surface area contributed by atoms with Crippen molar-refractivity contribution in [1.29, 1.82) is 5.26 Å². The molecule has 136 valence electrons. The number of benzene rings is 2. The van der Waals surface area contributed by atoms with Crippen LogP contribution in [0.4, 0.5) is 11.4 Å². The Morgan fingerprint density at radius 1 is 1.00 bits per heavy atom. The number of nitriles is 1. The van der Waals surface area contributed by atoms with Crippen LogP contribution in [0.15, 0.2) is 66.7 Å². The number of aromatic nitrogens is 1. The van der Waals surface area contributed by atoms with Crippen LogP contribution in [-0.4, -0.2) is 23.3 Å². The van der Waals surface area contributed by atoms with E-state index in [4.69, 9.17) is 5.26 Å². The summed E-state index contributed by atoms with van der Waals surface area (Å²) in [6.07, 6.45) is 0.803. The molecule has 1 aromatic heterocycles. The minimum atomic E-state index is -0.438. The molecule has 0 aliphatic carbocycles. The molecule has 28 heavy (non-hydrogen) atoms. The van der Waals surface area contributed by atoms with Crippen LogP contribution in [-0.2, 0) is 6.42 Å². The van der Waals surface area contributed by atoms with Crippen molar-refractivity contribution in [2.24, 2.45) is 0 Å². The van der Waals surface area contributed by atoms with Gasteiger partial charge < -0.3 is 10.2 Å². The zero-order valence-corrected chi connectivity index (χ0v) is 14.9. The number of pyridine rings is 1. The van der Waals surface area contributed by atoms with E-state index in [1.807, 2.05) is 30.3 Å². The van der Waals surface area contributed by atoms with E-state index < -0.39 is 5.91 Å². The summed E-state index contributed by atoms with van der Waals surface area (Å²) in [6.45, 7) is 0.594. The molecule has 6 heteroatoms. The van der Waals surface area contributed by atoms with Gasteiger partial charge in [0.05, 0.1) is 11.6 Å². The number of carbonyl (C=O) groups excluding carboxylic acids is 2. The number of amides is 2. The molecule has 1 N–H and O–H groups in total. The van der Waals surface area contributed by atoms with E-state index in [0.717, 1.165) is 17.7 Å². The van der Waals surface area contributed by atoms with E-state index in [0.29, 0.717) is 17.8 Å². The molecule has 0 spiro atoms. The number of rotatable bonds is 3. The lowest BCUT2D eigenvalue weighted by Gasteiger charge is -2.17. The summed E-state index contributed by atoms with van der Waals surface area (Å²) < 4.78 is 0. The van der Waals surface area contributed by atoms with Gasteiger partial charge in [0, 0.05) is 17.9 Å². The van der Waals surface area contributed by atoms with Gasteiger partial charge in [-0.3, -0.25) is 9.59 Å². The highest BCUT2D eigenvalue weighted by molar-refractivity contribution is 6.08. The predicted octanol–water partition coefficient (Wildman–Crippen LogP) is 3.41. The number of para-hydroxylation sites is 1. The molecule has 0 unspecified atom stereocenters. The number of nitrogens with zero attached hydrogens (tertiary/aromatic N) is 3. The van der Waals surface area contributed by atoms with Crippen molar-refractivity contribution in [2.45, 2.75) is 6.42 Å². The van der Waals surface area contributed by atoms with Gasteiger partial charge in [0.1, 0.15) is 11.4 Å². The Morgan fingerprint density at radius 2 is 1.79 bits per heavy atom. The predicted molar refractivity (Wildman–Crippen MR) is 105 cm³/mol. The first-order valence-corrected chi connectivity index (χ1v) is 8.84. The van der Waals surface area contributed by atoms with Crippen LogP contribution in [0.25, 0.3) is 0 Å². The van der Waals surface area contributed by atoms with Crippen molar-refractivity contribution in [3.8, 4) is 6.07 Å². The van der Waals surface area contributed by atoms with Crippen molar-refractivity contribution < 1.29 is 9.59 Å². The van der Waals surface area contributed by atoms with Crippen LogP contribution in [0.2, 0.25) is 0 Å². The van der Waals surface area contributed by atoms with Crippen LogP contribution in [0.1, 0.15) is 32.1 Å². The molecule has 1 aliphatic heterocycles. The minimum absolute atomic E-state index is 0.140. The first kappa shape index (κ1) is 17.4. The number of carbonyl (C=O) groups is 2. The number of anilines is 2. The maximum Gasteiger partial charge on any atom is 0.276 e. The average molecular weight is 368 g/mol. The topological polar surface area (TPSA) is 86.1 Å². The van der Waals surface area contributed by atoms with E-state index in [1.165, 1.54) is 0 Å². The highest BCUT2D eigenvalue weighted by atomic mass is 16.2. The molecule has 6 nitrogen and oxygen atoms in total. The SMILES string of the molecule is N#Cc1cccc(NC(=O)c2cccc(C(=O)N3CCc4ccccc43)n2)c1. The molecular formula is C22H16N4O2. The van der Waals surface area contributed by atoms with Gasteiger partial charge in [-0.25, -0.2) is 4.98 Å². The Labute approximate surface area is 162 Å². The fourth-order valence-electron chi connectivity index (χ4n) is 3.23. The Hall–Kier alpha value is -3.98. The third kappa shape index (κ3) is 3.33. The molecule has 0 bridgehead atoms. The summed E-state index contributed by atoms with van der Waals surface area (Å²) in [5.74, 6) is -0.669. The van der Waals surface area contributed by atoms with Crippen molar-refractivity contribution in [3.05, 3.63) is 89.2 Å². The van der Waals surface area contributed by atoms with Crippen molar-refractivity contribution in [1.82, 2.24) is 4.98 Å². The highest BCUT2D eigenvalue weighted by Gasteiger charge is 2.26. The molecule has 3 aromatic rings. The standard InChI is InChI=1S/C22H16N4O2/c23-14-15-5-3-7-17(13-15)24-21(27)18-8-4-9-19(25-18)22(28)26-12-11-16-6-1-2-10-20(16)26/h1-10,13H,11-12H2,(H,24,27). The van der Waals surface area contributed by atoms with Gasteiger partial charge in [0.15, 0.2) is 0 Å². The van der Waals surface area contributed by atoms with Crippen LogP contribution >= 0.6 is 0 Å². The summed E-state index contributed by atoms with van der Waals surface area (Å²) in [6, 6.07) is 21.2. The van der Waals surface area contributed by atoms with E-state index in [-0.39, 0.29) is 17.3 Å². The number of nitrogens with one attached hydrogen (secondary N) is 1. The van der Waals surface area contributed by atoms with E-state index in [9.17, 15) is 9.59 Å². The second-order valence-corrected chi connectivity index (χ2v) is 6.39. The van der Waals surface area contributed by atoms with Crippen LogP contribution in [0, 0.1) is 11.3 Å². The summed E-state index contributed by atoms with van der Waals surface area (Å²) in [4.78, 5) is 31.4. The molecular weight excluding hydrogens is 352 g/mol. The lowest BCUT2D eigenvalue weighted by atomic mass is 10.2. The fourth-order valence-corrected chi connectivity index (χ4v) is 3.23. The van der Waals surface area contributed by atoms with E-state index in [2.05, 4.69) is 10.3 Å². The summed E-state index contributed by atoms with van der Waals surface area (Å²) >= 11 is 0.